The van der Waals surface area contributed by atoms with Crippen LogP contribution >= 0.6 is 0 Å². The van der Waals surface area contributed by atoms with Crippen molar-refractivity contribution in [2.45, 2.75) is 6.92 Å². The molecule has 8 nitrogen and oxygen atoms in total. The highest BCUT2D eigenvalue weighted by atomic mass is 16.4. The maximum atomic E-state index is 11.3. The van der Waals surface area contributed by atoms with Crippen LogP contribution in [0.2, 0.25) is 0 Å². The number of hydrogen-bond acceptors (Lipinski definition) is 5. The molecule has 3 aromatic heterocycles. The van der Waals surface area contributed by atoms with Gasteiger partial charge in [-0.05, 0) is 30.7 Å². The predicted molar refractivity (Wildman–Crippen MR) is 85.0 cm³/mol. The van der Waals surface area contributed by atoms with Gasteiger partial charge in [0.15, 0.2) is 0 Å². The fourth-order valence-electron chi connectivity index (χ4n) is 2.64. The normalized spacial score (nSPS) is 11.2. The van der Waals surface area contributed by atoms with Crippen molar-refractivity contribution < 1.29 is 9.90 Å². The number of carbonyl (C=O) groups is 1. The lowest BCUT2D eigenvalue weighted by atomic mass is 10.2. The molecule has 4 aromatic rings. The number of carboxylic acid groups (broad SMARTS) is 1. The average molecular weight is 308 g/mol. The molecular weight excluding hydrogens is 296 g/mol. The van der Waals surface area contributed by atoms with Crippen molar-refractivity contribution in [3.8, 4) is 0 Å². The number of H-pyrrole nitrogens is 2. The zero-order chi connectivity index (χ0) is 16.0. The van der Waals surface area contributed by atoms with Gasteiger partial charge in [-0.2, -0.15) is 5.10 Å². The highest BCUT2D eigenvalue weighted by Gasteiger charge is 2.17. The van der Waals surface area contributed by atoms with Crippen LogP contribution < -0.4 is 5.32 Å². The van der Waals surface area contributed by atoms with E-state index in [1.54, 1.807) is 13.1 Å². The lowest BCUT2D eigenvalue weighted by molar-refractivity contribution is 0.0690. The van der Waals surface area contributed by atoms with Gasteiger partial charge in [-0.25, -0.2) is 14.8 Å². The van der Waals surface area contributed by atoms with E-state index >= 15 is 0 Å². The molecule has 1 aromatic carbocycles. The molecule has 0 bridgehead atoms. The number of aromatic nitrogens is 5. The van der Waals surface area contributed by atoms with E-state index < -0.39 is 5.97 Å². The standard InChI is InChI=1S/C15H12N6O2/c1-7-11-13(16-6-17-14(11)20-12(7)15(22)23)19-9-2-3-10-8(4-9)5-18-21-10/h2-6H,1H3,(H,18,21)(H,22,23)(H2,16,17,19,20). The SMILES string of the molecule is Cc1c(C(=O)O)[nH]c2ncnc(Nc3ccc4[nH]ncc4c3)c12. The molecule has 3 heterocycles. The van der Waals surface area contributed by atoms with Crippen LogP contribution in [0.4, 0.5) is 11.5 Å². The van der Waals surface area contributed by atoms with E-state index in [1.807, 2.05) is 18.2 Å². The number of aromatic amines is 2. The van der Waals surface area contributed by atoms with E-state index in [0.717, 1.165) is 16.6 Å². The van der Waals surface area contributed by atoms with E-state index in [9.17, 15) is 9.90 Å². The monoisotopic (exact) mass is 308 g/mol. The molecular formula is C15H12N6O2. The lowest BCUT2D eigenvalue weighted by Gasteiger charge is -2.07. The molecule has 0 aliphatic rings. The first kappa shape index (κ1) is 13.3. The summed E-state index contributed by atoms with van der Waals surface area (Å²) in [6.07, 6.45) is 3.13. The number of benzene rings is 1. The first-order valence-corrected chi connectivity index (χ1v) is 6.90. The van der Waals surface area contributed by atoms with Gasteiger partial charge in [0.25, 0.3) is 0 Å². The number of aromatic carboxylic acids is 1. The second-order valence-corrected chi connectivity index (χ2v) is 5.17. The molecule has 8 heteroatoms. The first-order chi connectivity index (χ1) is 11.1. The van der Waals surface area contributed by atoms with Crippen LogP contribution in [0.15, 0.2) is 30.7 Å². The Morgan fingerprint density at radius 1 is 1.30 bits per heavy atom. The number of nitrogens with zero attached hydrogens (tertiary/aromatic N) is 3. The Morgan fingerprint density at radius 3 is 3.00 bits per heavy atom. The Balaban J connectivity index is 1.83. The van der Waals surface area contributed by atoms with Crippen molar-refractivity contribution >= 4 is 39.4 Å². The summed E-state index contributed by atoms with van der Waals surface area (Å²) in [5.41, 5.74) is 2.97. The van der Waals surface area contributed by atoms with Crippen molar-refractivity contribution in [2.75, 3.05) is 5.32 Å². The number of nitrogens with one attached hydrogen (secondary N) is 3. The molecule has 23 heavy (non-hydrogen) atoms. The minimum atomic E-state index is -1.02. The molecule has 4 rings (SSSR count). The zero-order valence-electron chi connectivity index (χ0n) is 12.1. The van der Waals surface area contributed by atoms with Gasteiger partial charge in [0.1, 0.15) is 23.5 Å². The topological polar surface area (TPSA) is 120 Å². The Morgan fingerprint density at radius 2 is 2.17 bits per heavy atom. The summed E-state index contributed by atoms with van der Waals surface area (Å²) in [5, 5.41) is 21.0. The lowest BCUT2D eigenvalue weighted by Crippen LogP contribution is -1.98. The number of fused-ring (bicyclic) bond motifs is 2. The highest BCUT2D eigenvalue weighted by Crippen LogP contribution is 2.29. The van der Waals surface area contributed by atoms with E-state index in [-0.39, 0.29) is 5.69 Å². The molecule has 0 fully saturated rings. The quantitative estimate of drug-likeness (QED) is 0.462. The third kappa shape index (κ3) is 2.08. The summed E-state index contributed by atoms with van der Waals surface area (Å²) in [6, 6.07) is 5.75. The summed E-state index contributed by atoms with van der Waals surface area (Å²) in [6.45, 7) is 1.73. The third-order valence-electron chi connectivity index (χ3n) is 3.76. The van der Waals surface area contributed by atoms with Crippen molar-refractivity contribution in [1.82, 2.24) is 25.1 Å². The molecule has 114 valence electrons. The minimum Gasteiger partial charge on any atom is -0.477 e. The summed E-state index contributed by atoms with van der Waals surface area (Å²) >= 11 is 0. The van der Waals surface area contributed by atoms with E-state index in [0.29, 0.717) is 22.4 Å². The highest BCUT2D eigenvalue weighted by molar-refractivity contribution is 6.01. The molecule has 0 aliphatic heterocycles. The van der Waals surface area contributed by atoms with E-state index in [4.69, 9.17) is 0 Å². The van der Waals surface area contributed by atoms with Crippen molar-refractivity contribution in [3.63, 3.8) is 0 Å². The van der Waals surface area contributed by atoms with Crippen molar-refractivity contribution in [3.05, 3.63) is 42.0 Å². The van der Waals surface area contributed by atoms with Gasteiger partial charge in [0.05, 0.1) is 17.1 Å². The van der Waals surface area contributed by atoms with Crippen LogP contribution in [0.1, 0.15) is 16.1 Å². The zero-order valence-corrected chi connectivity index (χ0v) is 12.1. The van der Waals surface area contributed by atoms with Crippen LogP contribution in [0.25, 0.3) is 21.9 Å². The van der Waals surface area contributed by atoms with Gasteiger partial charge in [-0.15, -0.1) is 0 Å². The van der Waals surface area contributed by atoms with Gasteiger partial charge >= 0.3 is 5.97 Å². The van der Waals surface area contributed by atoms with Gasteiger partial charge in [0.2, 0.25) is 0 Å². The van der Waals surface area contributed by atoms with Crippen LogP contribution in [0, 0.1) is 6.92 Å². The average Bonchev–Trinajstić information content (AvgIpc) is 3.12. The fourth-order valence-corrected chi connectivity index (χ4v) is 2.64. The maximum Gasteiger partial charge on any atom is 0.352 e. The maximum absolute atomic E-state index is 11.3. The van der Waals surface area contributed by atoms with Gasteiger partial charge in [-0.1, -0.05) is 0 Å². The van der Waals surface area contributed by atoms with Gasteiger partial charge in [-0.3, -0.25) is 5.10 Å². The summed E-state index contributed by atoms with van der Waals surface area (Å²) in [7, 11) is 0. The number of anilines is 2. The minimum absolute atomic E-state index is 0.119. The molecule has 0 saturated heterocycles. The molecule has 0 amide bonds. The summed E-state index contributed by atoms with van der Waals surface area (Å²) in [4.78, 5) is 22.4. The molecule has 0 saturated carbocycles. The Kier molecular flexibility index (Phi) is 2.77. The summed E-state index contributed by atoms with van der Waals surface area (Å²) < 4.78 is 0. The molecule has 0 unspecified atom stereocenters. The number of rotatable bonds is 3. The first-order valence-electron chi connectivity index (χ1n) is 6.90. The molecule has 0 atom stereocenters. The molecule has 0 aliphatic carbocycles. The number of carboxylic acids is 1. The fraction of sp³-hybridized carbons (Fsp3) is 0.0667. The van der Waals surface area contributed by atoms with Gasteiger partial charge in [0, 0.05) is 11.1 Å². The van der Waals surface area contributed by atoms with E-state index in [2.05, 4.69) is 30.5 Å². The van der Waals surface area contributed by atoms with Crippen LogP contribution in [0.5, 0.6) is 0 Å². The number of hydrogen-bond donors (Lipinski definition) is 4. The predicted octanol–water partition coefficient (Wildman–Crippen LogP) is 2.58. The Hall–Kier alpha value is -3.42. The van der Waals surface area contributed by atoms with Crippen LogP contribution in [-0.2, 0) is 0 Å². The van der Waals surface area contributed by atoms with Crippen molar-refractivity contribution in [2.24, 2.45) is 0 Å². The van der Waals surface area contributed by atoms with Crippen LogP contribution in [0.3, 0.4) is 0 Å². The Labute approximate surface area is 129 Å². The van der Waals surface area contributed by atoms with Crippen LogP contribution in [-0.4, -0.2) is 36.2 Å². The molecule has 0 radical (unpaired) electrons. The largest absolute Gasteiger partial charge is 0.477 e. The smallest absolute Gasteiger partial charge is 0.352 e. The van der Waals surface area contributed by atoms with Gasteiger partial charge < -0.3 is 15.4 Å². The number of aryl methyl sites for hydroxylation is 1. The second-order valence-electron chi connectivity index (χ2n) is 5.17. The third-order valence-corrected chi connectivity index (χ3v) is 3.76. The molecule has 0 spiro atoms. The summed E-state index contributed by atoms with van der Waals surface area (Å²) in [5.74, 6) is -0.467. The van der Waals surface area contributed by atoms with Crippen molar-refractivity contribution in [1.29, 1.82) is 0 Å². The Bertz CT molecular complexity index is 1050. The second kappa shape index (κ2) is 4.80. The van der Waals surface area contributed by atoms with E-state index in [1.165, 1.54) is 6.33 Å². The molecule has 4 N–H and O–H groups in total.